The summed E-state index contributed by atoms with van der Waals surface area (Å²) >= 11 is 6.18. The van der Waals surface area contributed by atoms with E-state index in [0.717, 1.165) is 11.1 Å². The highest BCUT2D eigenvalue weighted by atomic mass is 35.5. The van der Waals surface area contributed by atoms with E-state index in [1.54, 1.807) is 6.07 Å². The van der Waals surface area contributed by atoms with Crippen molar-refractivity contribution in [3.8, 4) is 11.4 Å². The first-order valence-corrected chi connectivity index (χ1v) is 9.10. The minimum Gasteiger partial charge on any atom is -0.483 e. The molecule has 0 spiro atoms. The van der Waals surface area contributed by atoms with Gasteiger partial charge in [-0.25, -0.2) is 14.1 Å². The molecule has 0 aliphatic rings. The van der Waals surface area contributed by atoms with Gasteiger partial charge < -0.3 is 10.1 Å². The summed E-state index contributed by atoms with van der Waals surface area (Å²) in [5, 5.41) is 7.17. The Hall–Kier alpha value is -2.93. The van der Waals surface area contributed by atoms with Crippen molar-refractivity contribution in [2.45, 2.75) is 26.7 Å². The fourth-order valence-corrected chi connectivity index (χ4v) is 2.86. The summed E-state index contributed by atoms with van der Waals surface area (Å²) < 4.78 is 21.3. The molecule has 28 heavy (non-hydrogen) atoms. The van der Waals surface area contributed by atoms with Gasteiger partial charge in [-0.3, -0.25) is 4.79 Å². The molecule has 1 heterocycles. The third-order valence-corrected chi connectivity index (χ3v) is 4.58. The number of benzene rings is 2. The highest BCUT2D eigenvalue weighted by Gasteiger charge is 2.13. The van der Waals surface area contributed by atoms with E-state index in [1.807, 2.05) is 32.9 Å². The summed E-state index contributed by atoms with van der Waals surface area (Å²) in [6.07, 6.45) is 2.71. The minimum absolute atomic E-state index is 0.189. The lowest BCUT2D eigenvalue weighted by Gasteiger charge is -2.16. The van der Waals surface area contributed by atoms with Crippen LogP contribution in [-0.2, 0) is 4.79 Å². The van der Waals surface area contributed by atoms with Gasteiger partial charge in [-0.05, 0) is 54.3 Å². The third kappa shape index (κ3) is 4.48. The van der Waals surface area contributed by atoms with E-state index in [1.165, 1.54) is 29.5 Å². The van der Waals surface area contributed by atoms with Crippen molar-refractivity contribution in [2.75, 3.05) is 11.9 Å². The molecule has 0 saturated heterocycles. The number of anilines is 1. The van der Waals surface area contributed by atoms with Gasteiger partial charge in [-0.1, -0.05) is 25.4 Å². The predicted octanol–water partition coefficient (Wildman–Crippen LogP) is 4.51. The number of aromatic nitrogens is 3. The SMILES string of the molecule is Cc1cc(OCC(=O)Nc2ccc(-n3cncn3)c(F)c2)c(C(C)C)cc1Cl. The van der Waals surface area contributed by atoms with E-state index in [4.69, 9.17) is 16.3 Å². The number of hydrogen-bond donors (Lipinski definition) is 1. The van der Waals surface area contributed by atoms with Crippen LogP contribution in [0.1, 0.15) is 30.9 Å². The van der Waals surface area contributed by atoms with E-state index >= 15 is 0 Å². The normalized spacial score (nSPS) is 10.9. The van der Waals surface area contributed by atoms with Crippen LogP contribution in [0, 0.1) is 12.7 Å². The number of hydrogen-bond acceptors (Lipinski definition) is 4. The second-order valence-corrected chi connectivity index (χ2v) is 7.04. The van der Waals surface area contributed by atoms with Gasteiger partial charge in [-0.15, -0.1) is 0 Å². The van der Waals surface area contributed by atoms with E-state index in [2.05, 4.69) is 15.4 Å². The average molecular weight is 403 g/mol. The molecule has 0 aliphatic heterocycles. The number of halogens is 2. The highest BCUT2D eigenvalue weighted by Crippen LogP contribution is 2.32. The molecule has 8 heteroatoms. The third-order valence-electron chi connectivity index (χ3n) is 4.17. The molecule has 0 atom stereocenters. The molecule has 3 rings (SSSR count). The summed E-state index contributed by atoms with van der Waals surface area (Å²) in [7, 11) is 0. The quantitative estimate of drug-likeness (QED) is 0.658. The van der Waals surface area contributed by atoms with Crippen molar-refractivity contribution in [1.29, 1.82) is 0 Å². The van der Waals surface area contributed by atoms with Crippen LogP contribution in [0.5, 0.6) is 5.75 Å². The number of ether oxygens (including phenoxy) is 1. The van der Waals surface area contributed by atoms with Gasteiger partial charge in [0.05, 0.1) is 0 Å². The van der Waals surface area contributed by atoms with Crippen molar-refractivity contribution in [3.63, 3.8) is 0 Å². The fourth-order valence-electron chi connectivity index (χ4n) is 2.69. The molecule has 146 valence electrons. The molecule has 0 unspecified atom stereocenters. The molecule has 1 aromatic heterocycles. The lowest BCUT2D eigenvalue weighted by atomic mass is 10.0. The van der Waals surface area contributed by atoms with Gasteiger partial charge in [0.25, 0.3) is 5.91 Å². The van der Waals surface area contributed by atoms with Gasteiger partial charge in [0.15, 0.2) is 12.4 Å². The molecular weight excluding hydrogens is 383 g/mol. The predicted molar refractivity (Wildman–Crippen MR) is 106 cm³/mol. The van der Waals surface area contributed by atoms with Crippen LogP contribution in [-0.4, -0.2) is 27.3 Å². The number of aryl methyl sites for hydroxylation is 1. The van der Waals surface area contributed by atoms with Gasteiger partial charge in [-0.2, -0.15) is 5.10 Å². The van der Waals surface area contributed by atoms with Gasteiger partial charge >= 0.3 is 0 Å². The number of carbonyl (C=O) groups is 1. The Kier molecular flexibility index (Phi) is 5.94. The maximum absolute atomic E-state index is 14.3. The van der Waals surface area contributed by atoms with Crippen LogP contribution in [0.3, 0.4) is 0 Å². The maximum atomic E-state index is 14.3. The first-order chi connectivity index (χ1) is 13.3. The Balaban J connectivity index is 1.67. The summed E-state index contributed by atoms with van der Waals surface area (Å²) in [5.74, 6) is -0.121. The van der Waals surface area contributed by atoms with E-state index < -0.39 is 11.7 Å². The number of nitrogens with one attached hydrogen (secondary N) is 1. The molecule has 6 nitrogen and oxygen atoms in total. The van der Waals surface area contributed by atoms with Crippen molar-refractivity contribution >= 4 is 23.2 Å². The Morgan fingerprint density at radius 3 is 2.75 bits per heavy atom. The van der Waals surface area contributed by atoms with E-state index in [0.29, 0.717) is 16.5 Å². The summed E-state index contributed by atoms with van der Waals surface area (Å²) in [4.78, 5) is 16.0. The maximum Gasteiger partial charge on any atom is 0.262 e. The highest BCUT2D eigenvalue weighted by molar-refractivity contribution is 6.31. The second kappa shape index (κ2) is 8.39. The Labute approximate surface area is 167 Å². The molecule has 1 amide bonds. The van der Waals surface area contributed by atoms with Crippen LogP contribution in [0.2, 0.25) is 5.02 Å². The number of carbonyl (C=O) groups excluding carboxylic acids is 1. The smallest absolute Gasteiger partial charge is 0.262 e. The molecule has 0 aliphatic carbocycles. The van der Waals surface area contributed by atoms with Crippen LogP contribution in [0.15, 0.2) is 43.0 Å². The molecule has 1 N–H and O–H groups in total. The first-order valence-electron chi connectivity index (χ1n) is 8.72. The van der Waals surface area contributed by atoms with Gasteiger partial charge in [0.1, 0.15) is 24.1 Å². The molecule has 2 aromatic carbocycles. The van der Waals surface area contributed by atoms with Gasteiger partial charge in [0, 0.05) is 10.7 Å². The zero-order chi connectivity index (χ0) is 20.3. The Bertz CT molecular complexity index is 990. The van der Waals surface area contributed by atoms with Crippen LogP contribution in [0.25, 0.3) is 5.69 Å². The van der Waals surface area contributed by atoms with E-state index in [9.17, 15) is 9.18 Å². The zero-order valence-electron chi connectivity index (χ0n) is 15.7. The molecule has 0 saturated carbocycles. The van der Waals surface area contributed by atoms with Crippen molar-refractivity contribution in [1.82, 2.24) is 14.8 Å². The monoisotopic (exact) mass is 402 g/mol. The largest absolute Gasteiger partial charge is 0.483 e. The lowest BCUT2D eigenvalue weighted by Crippen LogP contribution is -2.21. The standard InChI is InChI=1S/C20H20ClFN4O2/c1-12(2)15-8-16(21)13(3)6-19(15)28-9-20(27)25-14-4-5-18(17(22)7-14)26-11-23-10-24-26/h4-8,10-12H,9H2,1-3H3,(H,25,27). The zero-order valence-corrected chi connectivity index (χ0v) is 16.5. The van der Waals surface area contributed by atoms with Crippen molar-refractivity contribution < 1.29 is 13.9 Å². The average Bonchev–Trinajstić information content (AvgIpc) is 3.16. The molecule has 0 radical (unpaired) electrons. The van der Waals surface area contributed by atoms with Gasteiger partial charge in [0.2, 0.25) is 0 Å². The topological polar surface area (TPSA) is 69.0 Å². The Morgan fingerprint density at radius 1 is 1.32 bits per heavy atom. The molecular formula is C20H20ClFN4O2. The molecule has 3 aromatic rings. The summed E-state index contributed by atoms with van der Waals surface area (Å²) in [5.41, 5.74) is 2.36. The number of amides is 1. The summed E-state index contributed by atoms with van der Waals surface area (Å²) in [6, 6.07) is 8.00. The molecule has 0 bridgehead atoms. The van der Waals surface area contributed by atoms with E-state index in [-0.39, 0.29) is 18.2 Å². The summed E-state index contributed by atoms with van der Waals surface area (Å²) in [6.45, 7) is 5.72. The van der Waals surface area contributed by atoms with Crippen LogP contribution >= 0.6 is 11.6 Å². The Morgan fingerprint density at radius 2 is 2.11 bits per heavy atom. The first kappa shape index (κ1) is 19.8. The lowest BCUT2D eigenvalue weighted by molar-refractivity contribution is -0.118. The van der Waals surface area contributed by atoms with Crippen molar-refractivity contribution in [2.24, 2.45) is 0 Å². The number of rotatable bonds is 6. The number of nitrogens with zero attached hydrogens (tertiary/aromatic N) is 3. The van der Waals surface area contributed by atoms with Crippen molar-refractivity contribution in [3.05, 3.63) is 65.0 Å². The fraction of sp³-hybridized carbons (Fsp3) is 0.250. The molecule has 0 fully saturated rings. The van der Waals surface area contributed by atoms with Crippen LogP contribution < -0.4 is 10.1 Å². The minimum atomic E-state index is -0.528. The second-order valence-electron chi connectivity index (χ2n) is 6.64. The van der Waals surface area contributed by atoms with Crippen LogP contribution in [0.4, 0.5) is 10.1 Å².